The van der Waals surface area contributed by atoms with Gasteiger partial charge in [-0.1, -0.05) is 19.1 Å². The molecule has 2 aromatic rings. The molecule has 0 atom stereocenters. The standard InChI is InChI=1S/C13H16N2OS/c1-3-14-9-10-6-7-11(15(2)13(10)16)12-5-4-8-17-12/h4-8,14H,3,9H2,1-2H3. The van der Waals surface area contributed by atoms with Gasteiger partial charge in [0.15, 0.2) is 0 Å². The van der Waals surface area contributed by atoms with Gasteiger partial charge in [-0.25, -0.2) is 0 Å². The first-order valence-corrected chi connectivity index (χ1v) is 6.55. The Morgan fingerprint density at radius 3 is 2.82 bits per heavy atom. The molecule has 0 saturated heterocycles. The van der Waals surface area contributed by atoms with Crippen molar-refractivity contribution in [2.24, 2.45) is 7.05 Å². The molecular weight excluding hydrogens is 232 g/mol. The Hall–Kier alpha value is -1.39. The van der Waals surface area contributed by atoms with Crippen molar-refractivity contribution in [1.29, 1.82) is 0 Å². The van der Waals surface area contributed by atoms with E-state index in [0.717, 1.165) is 22.7 Å². The summed E-state index contributed by atoms with van der Waals surface area (Å²) < 4.78 is 1.72. The third-order valence-corrected chi connectivity index (χ3v) is 3.61. The lowest BCUT2D eigenvalue weighted by Gasteiger charge is -2.09. The van der Waals surface area contributed by atoms with Gasteiger partial charge in [-0.3, -0.25) is 4.79 Å². The number of aromatic nitrogens is 1. The molecule has 0 unspecified atom stereocenters. The summed E-state index contributed by atoms with van der Waals surface area (Å²) in [6.45, 7) is 3.54. The molecule has 0 amide bonds. The van der Waals surface area contributed by atoms with E-state index in [-0.39, 0.29) is 5.56 Å². The van der Waals surface area contributed by atoms with E-state index >= 15 is 0 Å². The lowest BCUT2D eigenvalue weighted by atomic mass is 10.2. The number of hydrogen-bond donors (Lipinski definition) is 1. The summed E-state index contributed by atoms with van der Waals surface area (Å²) in [6.07, 6.45) is 0. The van der Waals surface area contributed by atoms with Crippen molar-refractivity contribution >= 4 is 11.3 Å². The maximum absolute atomic E-state index is 12.1. The Morgan fingerprint density at radius 1 is 1.35 bits per heavy atom. The van der Waals surface area contributed by atoms with Crippen molar-refractivity contribution in [2.75, 3.05) is 6.54 Å². The fourth-order valence-corrected chi connectivity index (χ4v) is 2.54. The van der Waals surface area contributed by atoms with Crippen molar-refractivity contribution in [3.8, 4) is 10.6 Å². The molecule has 2 aromatic heterocycles. The van der Waals surface area contributed by atoms with Crippen LogP contribution in [0.15, 0.2) is 34.4 Å². The molecule has 17 heavy (non-hydrogen) atoms. The summed E-state index contributed by atoms with van der Waals surface area (Å²) in [6, 6.07) is 7.96. The van der Waals surface area contributed by atoms with E-state index in [4.69, 9.17) is 0 Å². The molecular formula is C13H16N2OS. The Bertz CT molecular complexity index is 543. The molecule has 0 radical (unpaired) electrons. The summed E-state index contributed by atoms with van der Waals surface area (Å²) in [5.41, 5.74) is 1.87. The van der Waals surface area contributed by atoms with Crippen molar-refractivity contribution in [2.45, 2.75) is 13.5 Å². The Kier molecular flexibility index (Phi) is 3.76. The van der Waals surface area contributed by atoms with Gasteiger partial charge in [0.2, 0.25) is 0 Å². The van der Waals surface area contributed by atoms with E-state index in [0.29, 0.717) is 6.54 Å². The van der Waals surface area contributed by atoms with Gasteiger partial charge in [-0.2, -0.15) is 0 Å². The number of nitrogens with one attached hydrogen (secondary N) is 1. The second kappa shape index (κ2) is 5.29. The van der Waals surface area contributed by atoms with Crippen LogP contribution in [-0.2, 0) is 13.6 Å². The predicted octanol–water partition coefficient (Wildman–Crippen LogP) is 2.22. The maximum Gasteiger partial charge on any atom is 0.255 e. The molecule has 0 aliphatic rings. The summed E-state index contributed by atoms with van der Waals surface area (Å²) in [7, 11) is 1.83. The largest absolute Gasteiger partial charge is 0.313 e. The second-order valence-corrected chi connectivity index (χ2v) is 4.81. The average Bonchev–Trinajstić information content (AvgIpc) is 2.85. The highest BCUT2D eigenvalue weighted by atomic mass is 32.1. The van der Waals surface area contributed by atoms with Crippen LogP contribution in [0, 0.1) is 0 Å². The predicted molar refractivity (Wildman–Crippen MR) is 72.4 cm³/mol. The van der Waals surface area contributed by atoms with E-state index in [2.05, 4.69) is 5.32 Å². The zero-order chi connectivity index (χ0) is 12.3. The third kappa shape index (κ3) is 2.48. The zero-order valence-corrected chi connectivity index (χ0v) is 10.9. The minimum absolute atomic E-state index is 0.0804. The molecule has 0 saturated carbocycles. The van der Waals surface area contributed by atoms with E-state index < -0.39 is 0 Å². The first kappa shape index (κ1) is 12.1. The minimum Gasteiger partial charge on any atom is -0.313 e. The molecule has 0 spiro atoms. The number of hydrogen-bond acceptors (Lipinski definition) is 3. The van der Waals surface area contributed by atoms with Crippen molar-refractivity contribution in [3.05, 3.63) is 45.6 Å². The Morgan fingerprint density at radius 2 is 2.18 bits per heavy atom. The van der Waals surface area contributed by atoms with Crippen LogP contribution in [0.5, 0.6) is 0 Å². The summed E-state index contributed by atoms with van der Waals surface area (Å²) in [4.78, 5) is 13.2. The number of pyridine rings is 1. The molecule has 2 rings (SSSR count). The number of thiophene rings is 1. The summed E-state index contributed by atoms with van der Waals surface area (Å²) in [5.74, 6) is 0. The fourth-order valence-electron chi connectivity index (χ4n) is 1.75. The zero-order valence-electron chi connectivity index (χ0n) is 10.1. The Labute approximate surface area is 105 Å². The molecule has 0 aromatic carbocycles. The maximum atomic E-state index is 12.1. The average molecular weight is 248 g/mol. The molecule has 4 heteroatoms. The third-order valence-electron chi connectivity index (χ3n) is 2.72. The number of rotatable bonds is 4. The molecule has 1 N–H and O–H groups in total. The van der Waals surface area contributed by atoms with Crippen molar-refractivity contribution in [1.82, 2.24) is 9.88 Å². The van der Waals surface area contributed by atoms with Gasteiger partial charge in [-0.05, 0) is 24.1 Å². The van der Waals surface area contributed by atoms with Crippen LogP contribution < -0.4 is 10.9 Å². The fraction of sp³-hybridized carbons (Fsp3) is 0.308. The van der Waals surface area contributed by atoms with Crippen LogP contribution in [0.3, 0.4) is 0 Å². The monoisotopic (exact) mass is 248 g/mol. The SMILES string of the molecule is CCNCc1ccc(-c2cccs2)n(C)c1=O. The normalized spacial score (nSPS) is 10.7. The highest BCUT2D eigenvalue weighted by Crippen LogP contribution is 2.22. The van der Waals surface area contributed by atoms with Gasteiger partial charge in [0.25, 0.3) is 5.56 Å². The highest BCUT2D eigenvalue weighted by molar-refractivity contribution is 7.13. The molecule has 0 aliphatic heterocycles. The van der Waals surface area contributed by atoms with E-state index in [1.807, 2.05) is 43.6 Å². The van der Waals surface area contributed by atoms with Gasteiger partial charge in [0.1, 0.15) is 0 Å². The first-order valence-electron chi connectivity index (χ1n) is 5.67. The van der Waals surface area contributed by atoms with Crippen LogP contribution >= 0.6 is 11.3 Å². The van der Waals surface area contributed by atoms with E-state index in [1.165, 1.54) is 0 Å². The molecule has 90 valence electrons. The van der Waals surface area contributed by atoms with Crippen LogP contribution in [0.25, 0.3) is 10.6 Å². The lowest BCUT2D eigenvalue weighted by molar-refractivity contribution is 0.708. The minimum atomic E-state index is 0.0804. The second-order valence-electron chi connectivity index (χ2n) is 3.87. The van der Waals surface area contributed by atoms with Gasteiger partial charge in [0, 0.05) is 19.2 Å². The smallest absolute Gasteiger partial charge is 0.255 e. The van der Waals surface area contributed by atoms with E-state index in [9.17, 15) is 4.79 Å². The van der Waals surface area contributed by atoms with Gasteiger partial charge < -0.3 is 9.88 Å². The summed E-state index contributed by atoms with van der Waals surface area (Å²) in [5, 5.41) is 5.20. The summed E-state index contributed by atoms with van der Waals surface area (Å²) >= 11 is 1.65. The number of nitrogens with zero attached hydrogens (tertiary/aromatic N) is 1. The molecule has 0 bridgehead atoms. The van der Waals surface area contributed by atoms with Gasteiger partial charge in [0.05, 0.1) is 10.6 Å². The van der Waals surface area contributed by atoms with E-state index in [1.54, 1.807) is 15.9 Å². The van der Waals surface area contributed by atoms with Crippen molar-refractivity contribution in [3.63, 3.8) is 0 Å². The lowest BCUT2D eigenvalue weighted by Crippen LogP contribution is -2.26. The molecule has 2 heterocycles. The quantitative estimate of drug-likeness (QED) is 0.900. The van der Waals surface area contributed by atoms with Crippen LogP contribution in [0.4, 0.5) is 0 Å². The van der Waals surface area contributed by atoms with Crippen LogP contribution in [0.1, 0.15) is 12.5 Å². The molecule has 0 aliphatic carbocycles. The topological polar surface area (TPSA) is 34.0 Å². The molecule has 3 nitrogen and oxygen atoms in total. The van der Waals surface area contributed by atoms with Crippen LogP contribution in [-0.4, -0.2) is 11.1 Å². The molecule has 0 fully saturated rings. The van der Waals surface area contributed by atoms with Gasteiger partial charge >= 0.3 is 0 Å². The van der Waals surface area contributed by atoms with Crippen LogP contribution in [0.2, 0.25) is 0 Å². The van der Waals surface area contributed by atoms with Gasteiger partial charge in [-0.15, -0.1) is 11.3 Å². The first-order chi connectivity index (χ1) is 8.24. The Balaban J connectivity index is 2.40. The van der Waals surface area contributed by atoms with Crippen molar-refractivity contribution < 1.29 is 0 Å². The highest BCUT2D eigenvalue weighted by Gasteiger charge is 2.07.